The maximum atomic E-state index is 8.87. The molecule has 0 N–H and O–H groups in total. The number of benzene rings is 1. The van der Waals surface area contributed by atoms with E-state index in [4.69, 9.17) is 10.00 Å². The molecule has 2 heterocycles. The molecule has 108 valence electrons. The van der Waals surface area contributed by atoms with Crippen molar-refractivity contribution in [2.24, 2.45) is 0 Å². The van der Waals surface area contributed by atoms with E-state index in [0.717, 1.165) is 41.9 Å². The molecular weight excluding hydrogens is 284 g/mol. The zero-order chi connectivity index (χ0) is 14.7. The third-order valence-electron chi connectivity index (χ3n) is 3.47. The molecule has 21 heavy (non-hydrogen) atoms. The first-order chi connectivity index (χ1) is 10.3. The fourth-order valence-electron chi connectivity index (χ4n) is 2.36. The third kappa shape index (κ3) is 3.09. The summed E-state index contributed by atoms with van der Waals surface area (Å²) in [4.78, 5) is 0. The molecule has 1 atom stereocenters. The predicted octanol–water partition coefficient (Wildman–Crippen LogP) is 2.72. The van der Waals surface area contributed by atoms with Crippen molar-refractivity contribution in [1.29, 1.82) is 5.26 Å². The monoisotopic (exact) mass is 300 g/mol. The number of aromatic nitrogens is 3. The molecule has 1 aromatic carbocycles. The van der Waals surface area contributed by atoms with Crippen LogP contribution < -0.4 is 0 Å². The van der Waals surface area contributed by atoms with Crippen LogP contribution >= 0.6 is 11.8 Å². The van der Waals surface area contributed by atoms with Gasteiger partial charge in [-0.25, -0.2) is 0 Å². The number of hydrogen-bond acceptors (Lipinski definition) is 5. The molecule has 0 bridgehead atoms. The summed E-state index contributed by atoms with van der Waals surface area (Å²) >= 11 is 1.67. The van der Waals surface area contributed by atoms with Crippen molar-refractivity contribution in [3.8, 4) is 11.8 Å². The standard InChI is InChI=1S/C15H16N4OS/c1-11-17-18-15(21-10-14-3-2-8-20-14)19(11)13-6-4-12(9-16)5-7-13/h4-7,14H,2-3,8,10H2,1H3. The second-order valence-corrected chi connectivity index (χ2v) is 5.96. The summed E-state index contributed by atoms with van der Waals surface area (Å²) in [5, 5.41) is 18.2. The Morgan fingerprint density at radius 1 is 1.38 bits per heavy atom. The Hall–Kier alpha value is -1.84. The van der Waals surface area contributed by atoms with Crippen molar-refractivity contribution in [3.63, 3.8) is 0 Å². The Bertz CT molecular complexity index is 653. The lowest BCUT2D eigenvalue weighted by atomic mass is 10.2. The van der Waals surface area contributed by atoms with Crippen LogP contribution in [0.3, 0.4) is 0 Å². The fourth-order valence-corrected chi connectivity index (χ4v) is 3.43. The average molecular weight is 300 g/mol. The molecule has 1 aliphatic heterocycles. The first-order valence-corrected chi connectivity index (χ1v) is 7.93. The Labute approximate surface area is 127 Å². The molecule has 1 unspecified atom stereocenters. The van der Waals surface area contributed by atoms with Gasteiger partial charge in [-0.15, -0.1) is 10.2 Å². The Morgan fingerprint density at radius 3 is 2.86 bits per heavy atom. The van der Waals surface area contributed by atoms with Crippen molar-refractivity contribution in [1.82, 2.24) is 14.8 Å². The van der Waals surface area contributed by atoms with Crippen molar-refractivity contribution < 1.29 is 4.74 Å². The van der Waals surface area contributed by atoms with Gasteiger partial charge in [-0.05, 0) is 44.0 Å². The second-order valence-electron chi connectivity index (χ2n) is 4.97. The van der Waals surface area contributed by atoms with E-state index in [1.165, 1.54) is 0 Å². The van der Waals surface area contributed by atoms with Crippen molar-refractivity contribution in [2.75, 3.05) is 12.4 Å². The van der Waals surface area contributed by atoms with Crippen LogP contribution in [0.25, 0.3) is 5.69 Å². The molecular formula is C15H16N4OS. The topological polar surface area (TPSA) is 63.7 Å². The molecule has 0 saturated carbocycles. The minimum absolute atomic E-state index is 0.321. The van der Waals surface area contributed by atoms with Gasteiger partial charge in [0.25, 0.3) is 0 Å². The fraction of sp³-hybridized carbons (Fsp3) is 0.400. The van der Waals surface area contributed by atoms with Crippen LogP contribution in [0.2, 0.25) is 0 Å². The van der Waals surface area contributed by atoms with Gasteiger partial charge in [-0.2, -0.15) is 5.26 Å². The van der Waals surface area contributed by atoms with E-state index >= 15 is 0 Å². The van der Waals surface area contributed by atoms with Crippen molar-refractivity contribution in [3.05, 3.63) is 35.7 Å². The predicted molar refractivity (Wildman–Crippen MR) is 80.5 cm³/mol. The highest BCUT2D eigenvalue weighted by Crippen LogP contribution is 2.25. The quantitative estimate of drug-likeness (QED) is 0.812. The number of thioether (sulfide) groups is 1. The first kappa shape index (κ1) is 14.1. The first-order valence-electron chi connectivity index (χ1n) is 6.95. The molecule has 0 radical (unpaired) electrons. The minimum Gasteiger partial charge on any atom is -0.377 e. The van der Waals surface area contributed by atoms with Gasteiger partial charge >= 0.3 is 0 Å². The Balaban J connectivity index is 1.80. The van der Waals surface area contributed by atoms with E-state index in [9.17, 15) is 0 Å². The lowest BCUT2D eigenvalue weighted by Crippen LogP contribution is -2.09. The molecule has 0 aliphatic carbocycles. The molecule has 5 nitrogen and oxygen atoms in total. The van der Waals surface area contributed by atoms with Crippen LogP contribution in [-0.2, 0) is 4.74 Å². The van der Waals surface area contributed by atoms with Gasteiger partial charge < -0.3 is 4.74 Å². The van der Waals surface area contributed by atoms with Gasteiger partial charge in [0, 0.05) is 18.0 Å². The van der Waals surface area contributed by atoms with Crippen molar-refractivity contribution >= 4 is 11.8 Å². The summed E-state index contributed by atoms with van der Waals surface area (Å²) in [6.07, 6.45) is 2.59. The summed E-state index contributed by atoms with van der Waals surface area (Å²) in [5.74, 6) is 1.74. The summed E-state index contributed by atoms with van der Waals surface area (Å²) in [6.45, 7) is 2.80. The van der Waals surface area contributed by atoms with E-state index < -0.39 is 0 Å². The highest BCUT2D eigenvalue weighted by Gasteiger charge is 2.18. The van der Waals surface area contributed by atoms with E-state index in [0.29, 0.717) is 11.7 Å². The molecule has 1 aliphatic rings. The van der Waals surface area contributed by atoms with Gasteiger partial charge in [0.05, 0.1) is 17.7 Å². The van der Waals surface area contributed by atoms with E-state index in [2.05, 4.69) is 16.3 Å². The SMILES string of the molecule is Cc1nnc(SCC2CCCO2)n1-c1ccc(C#N)cc1. The number of aryl methyl sites for hydroxylation is 1. The van der Waals surface area contributed by atoms with E-state index in [-0.39, 0.29) is 0 Å². The zero-order valence-electron chi connectivity index (χ0n) is 11.8. The molecule has 1 saturated heterocycles. The molecule has 2 aromatic rings. The smallest absolute Gasteiger partial charge is 0.195 e. The molecule has 6 heteroatoms. The van der Waals surface area contributed by atoms with E-state index in [1.807, 2.05) is 35.8 Å². The Morgan fingerprint density at radius 2 is 2.19 bits per heavy atom. The lowest BCUT2D eigenvalue weighted by molar-refractivity contribution is 0.129. The van der Waals surface area contributed by atoms with Crippen LogP contribution in [0.15, 0.2) is 29.4 Å². The number of nitriles is 1. The molecule has 1 aromatic heterocycles. The van der Waals surface area contributed by atoms with Gasteiger partial charge in [0.15, 0.2) is 5.16 Å². The number of ether oxygens (including phenoxy) is 1. The van der Waals surface area contributed by atoms with Crippen LogP contribution in [0.1, 0.15) is 24.2 Å². The van der Waals surface area contributed by atoms with Gasteiger partial charge in [-0.3, -0.25) is 4.57 Å². The van der Waals surface area contributed by atoms with E-state index in [1.54, 1.807) is 11.8 Å². The number of nitrogens with zero attached hydrogens (tertiary/aromatic N) is 4. The normalized spacial score (nSPS) is 17.8. The zero-order valence-corrected chi connectivity index (χ0v) is 12.6. The maximum Gasteiger partial charge on any atom is 0.195 e. The van der Waals surface area contributed by atoms with Crippen LogP contribution in [0, 0.1) is 18.3 Å². The van der Waals surface area contributed by atoms with Crippen LogP contribution in [0.4, 0.5) is 0 Å². The highest BCUT2D eigenvalue weighted by atomic mass is 32.2. The average Bonchev–Trinajstić information content (AvgIpc) is 3.15. The number of rotatable bonds is 4. The molecule has 0 amide bonds. The Kier molecular flexibility index (Phi) is 4.23. The maximum absolute atomic E-state index is 8.87. The molecule has 3 rings (SSSR count). The largest absolute Gasteiger partial charge is 0.377 e. The summed E-state index contributed by atoms with van der Waals surface area (Å²) < 4.78 is 7.66. The summed E-state index contributed by atoms with van der Waals surface area (Å²) in [6, 6.07) is 9.59. The van der Waals surface area contributed by atoms with Crippen LogP contribution in [-0.4, -0.2) is 33.2 Å². The minimum atomic E-state index is 0.321. The van der Waals surface area contributed by atoms with Crippen LogP contribution in [0.5, 0.6) is 0 Å². The van der Waals surface area contributed by atoms with Gasteiger partial charge in [0.2, 0.25) is 0 Å². The lowest BCUT2D eigenvalue weighted by Gasteiger charge is -2.10. The third-order valence-corrected chi connectivity index (χ3v) is 4.53. The number of hydrogen-bond donors (Lipinski definition) is 0. The molecule has 1 fully saturated rings. The summed E-state index contributed by atoms with van der Waals surface area (Å²) in [7, 11) is 0. The second kappa shape index (κ2) is 6.29. The summed E-state index contributed by atoms with van der Waals surface area (Å²) in [5.41, 5.74) is 1.63. The highest BCUT2D eigenvalue weighted by molar-refractivity contribution is 7.99. The molecule has 0 spiro atoms. The van der Waals surface area contributed by atoms with Crippen molar-refractivity contribution in [2.45, 2.75) is 31.0 Å². The van der Waals surface area contributed by atoms with Gasteiger partial charge in [0.1, 0.15) is 5.82 Å². The van der Waals surface area contributed by atoms with Gasteiger partial charge in [-0.1, -0.05) is 11.8 Å².